The Balaban J connectivity index is 2.01. The predicted octanol–water partition coefficient (Wildman–Crippen LogP) is 2.89. The monoisotopic (exact) mass is 364 g/mol. The van der Waals surface area contributed by atoms with E-state index in [0.717, 1.165) is 6.07 Å². The number of carbonyl (C=O) groups is 1. The van der Waals surface area contributed by atoms with Gasteiger partial charge in [0.15, 0.2) is 0 Å². The number of esters is 1. The van der Waals surface area contributed by atoms with Crippen molar-refractivity contribution in [2.24, 2.45) is 0 Å². The van der Waals surface area contributed by atoms with Gasteiger partial charge in [-0.3, -0.25) is 5.10 Å². The number of nitrogens with one attached hydrogen (secondary N) is 2. The second-order valence-electron chi connectivity index (χ2n) is 5.73. The van der Waals surface area contributed by atoms with Gasteiger partial charge >= 0.3 is 12.1 Å². The molecule has 0 amide bonds. The number of cyclic esters (lactones) is 1. The van der Waals surface area contributed by atoms with Crippen LogP contribution in [-0.4, -0.2) is 28.9 Å². The van der Waals surface area contributed by atoms with Crippen LogP contribution in [0.4, 0.5) is 17.6 Å². The van der Waals surface area contributed by atoms with Gasteiger partial charge in [-0.1, -0.05) is 0 Å². The molecule has 1 unspecified atom stereocenters. The van der Waals surface area contributed by atoms with Crippen LogP contribution in [0.15, 0.2) is 41.0 Å². The molecule has 0 aliphatic carbocycles. The van der Waals surface area contributed by atoms with E-state index < -0.39 is 41.9 Å². The molecule has 10 heteroatoms. The minimum atomic E-state index is -4.88. The van der Waals surface area contributed by atoms with Crippen molar-refractivity contribution < 1.29 is 27.1 Å². The fourth-order valence-electron chi connectivity index (χ4n) is 3.15. The maximum Gasteiger partial charge on any atom is 0.421 e. The molecule has 132 valence electrons. The van der Waals surface area contributed by atoms with E-state index in [0.29, 0.717) is 10.9 Å². The second-order valence-corrected chi connectivity index (χ2v) is 5.73. The predicted molar refractivity (Wildman–Crippen MR) is 79.6 cm³/mol. The summed E-state index contributed by atoms with van der Waals surface area (Å²) in [6, 6.07) is 2.34. The molecule has 6 nitrogen and oxygen atoms in total. The molecular weight excluding hydrogens is 356 g/mol. The maximum absolute atomic E-state index is 14.6. The molecule has 26 heavy (non-hydrogen) atoms. The summed E-state index contributed by atoms with van der Waals surface area (Å²) in [5, 5.41) is 8.80. The first kappa shape index (κ1) is 16.1. The zero-order chi connectivity index (χ0) is 18.6. The van der Waals surface area contributed by atoms with Crippen LogP contribution in [0.2, 0.25) is 0 Å². The molecule has 0 bridgehead atoms. The molecule has 0 radical (unpaired) electrons. The van der Waals surface area contributed by atoms with Gasteiger partial charge in [0, 0.05) is 5.39 Å². The molecule has 1 atom stereocenters. The Bertz CT molecular complexity index is 1060. The van der Waals surface area contributed by atoms with Gasteiger partial charge in [0.25, 0.3) is 0 Å². The second kappa shape index (κ2) is 5.32. The first-order valence-electron chi connectivity index (χ1n) is 7.29. The standard InChI is InChI=1S/C16H8F4N4O2/c1-21-13-11(7-2-6-4-22-24-9(6)3-8(7)17)12-10(5-26-15(12)25)23-14(13)16(18,19)20/h2-4,11,23H,5H2,(H,22,24). The van der Waals surface area contributed by atoms with Crippen LogP contribution in [0.1, 0.15) is 11.5 Å². The summed E-state index contributed by atoms with van der Waals surface area (Å²) in [4.78, 5) is 15.0. The molecule has 0 spiro atoms. The molecule has 1 aromatic heterocycles. The van der Waals surface area contributed by atoms with Crippen molar-refractivity contribution in [3.63, 3.8) is 0 Å². The third kappa shape index (κ3) is 2.24. The van der Waals surface area contributed by atoms with Crippen LogP contribution in [0.5, 0.6) is 0 Å². The first-order valence-corrected chi connectivity index (χ1v) is 7.29. The first-order chi connectivity index (χ1) is 12.3. The molecular formula is C16H8F4N4O2. The van der Waals surface area contributed by atoms with Gasteiger partial charge in [-0.25, -0.2) is 14.0 Å². The number of nitrogens with zero attached hydrogens (tertiary/aromatic N) is 2. The largest absolute Gasteiger partial charge is 0.456 e. The van der Waals surface area contributed by atoms with E-state index >= 15 is 0 Å². The minimum absolute atomic E-state index is 0.119. The summed E-state index contributed by atoms with van der Waals surface area (Å²) >= 11 is 0. The van der Waals surface area contributed by atoms with Gasteiger partial charge in [0.2, 0.25) is 5.70 Å². The lowest BCUT2D eigenvalue weighted by Gasteiger charge is -2.27. The van der Waals surface area contributed by atoms with E-state index in [1.165, 1.54) is 12.3 Å². The van der Waals surface area contributed by atoms with Crippen LogP contribution in [0, 0.1) is 12.4 Å². The number of rotatable bonds is 1. The molecule has 0 saturated heterocycles. The highest BCUT2D eigenvalue weighted by atomic mass is 19.4. The lowest BCUT2D eigenvalue weighted by Crippen LogP contribution is -2.34. The Morgan fingerprint density at radius 2 is 2.12 bits per heavy atom. The number of hydrogen-bond acceptors (Lipinski definition) is 4. The summed E-state index contributed by atoms with van der Waals surface area (Å²) in [7, 11) is 0. The number of aromatic nitrogens is 2. The van der Waals surface area contributed by atoms with E-state index in [9.17, 15) is 22.4 Å². The van der Waals surface area contributed by atoms with Gasteiger partial charge in [-0.15, -0.1) is 0 Å². The van der Waals surface area contributed by atoms with Crippen LogP contribution in [0.25, 0.3) is 15.7 Å². The number of carbonyl (C=O) groups excluding carboxylic acids is 1. The van der Waals surface area contributed by atoms with E-state index in [2.05, 4.69) is 20.4 Å². The topological polar surface area (TPSA) is 71.4 Å². The summed E-state index contributed by atoms with van der Waals surface area (Å²) < 4.78 is 59.7. The van der Waals surface area contributed by atoms with Crippen molar-refractivity contribution in [1.82, 2.24) is 15.5 Å². The number of ether oxygens (including phenoxy) is 1. The third-order valence-electron chi connectivity index (χ3n) is 4.26. The Morgan fingerprint density at radius 3 is 2.81 bits per heavy atom. The van der Waals surface area contributed by atoms with Crippen molar-refractivity contribution in [2.45, 2.75) is 12.1 Å². The van der Waals surface area contributed by atoms with E-state index in [-0.39, 0.29) is 16.8 Å². The molecule has 2 aliphatic rings. The average Bonchev–Trinajstić information content (AvgIpc) is 3.18. The van der Waals surface area contributed by atoms with Crippen LogP contribution < -0.4 is 5.32 Å². The summed E-state index contributed by atoms with van der Waals surface area (Å²) in [6.45, 7) is 6.82. The smallest absolute Gasteiger partial charge is 0.421 e. The number of allylic oxidation sites excluding steroid dienone is 2. The Hall–Kier alpha value is -3.35. The zero-order valence-electron chi connectivity index (χ0n) is 12.7. The average molecular weight is 364 g/mol. The lowest BCUT2D eigenvalue weighted by molar-refractivity contribution is -0.136. The zero-order valence-corrected chi connectivity index (χ0v) is 12.7. The third-order valence-corrected chi connectivity index (χ3v) is 4.26. The summed E-state index contributed by atoms with van der Waals surface area (Å²) in [6.07, 6.45) is -3.51. The number of dihydropyridines is 1. The molecule has 1 aromatic carbocycles. The molecule has 3 heterocycles. The summed E-state index contributed by atoms with van der Waals surface area (Å²) in [5.74, 6) is -3.26. The maximum atomic E-state index is 14.6. The molecule has 2 aliphatic heterocycles. The minimum Gasteiger partial charge on any atom is -0.456 e. The Morgan fingerprint density at radius 1 is 1.35 bits per heavy atom. The van der Waals surface area contributed by atoms with Crippen molar-refractivity contribution in [1.29, 1.82) is 0 Å². The fraction of sp³-hybridized carbons (Fsp3) is 0.188. The van der Waals surface area contributed by atoms with Crippen LogP contribution >= 0.6 is 0 Å². The highest BCUT2D eigenvalue weighted by Gasteiger charge is 2.48. The van der Waals surface area contributed by atoms with Gasteiger partial charge in [0.05, 0.1) is 35.5 Å². The van der Waals surface area contributed by atoms with E-state index in [1.807, 2.05) is 0 Å². The molecule has 0 saturated carbocycles. The molecule has 2 N–H and O–H groups in total. The highest BCUT2D eigenvalue weighted by molar-refractivity contribution is 5.95. The highest BCUT2D eigenvalue weighted by Crippen LogP contribution is 2.46. The number of hydrogen-bond donors (Lipinski definition) is 2. The Labute approximate surface area is 142 Å². The molecule has 0 fully saturated rings. The van der Waals surface area contributed by atoms with E-state index in [1.54, 1.807) is 0 Å². The van der Waals surface area contributed by atoms with E-state index in [4.69, 9.17) is 11.3 Å². The van der Waals surface area contributed by atoms with Crippen molar-refractivity contribution in [2.75, 3.05) is 6.61 Å². The SMILES string of the molecule is [C-]#[N+]C1=C(C(F)(F)F)NC2=C(C(=O)OC2)C1c1cc2cn[nH]c2cc1F. The van der Waals surface area contributed by atoms with Gasteiger partial charge in [0.1, 0.15) is 18.1 Å². The normalized spacial score (nSPS) is 20.1. The molecule has 4 rings (SSSR count). The number of fused-ring (bicyclic) bond motifs is 1. The van der Waals surface area contributed by atoms with Gasteiger partial charge in [-0.05, 0) is 17.7 Å². The molecule has 2 aromatic rings. The number of halogens is 4. The van der Waals surface area contributed by atoms with Crippen molar-refractivity contribution in [3.8, 4) is 0 Å². The van der Waals surface area contributed by atoms with Crippen LogP contribution in [-0.2, 0) is 9.53 Å². The summed E-state index contributed by atoms with van der Waals surface area (Å²) in [5.41, 5.74) is -2.32. The van der Waals surface area contributed by atoms with Gasteiger partial charge in [-0.2, -0.15) is 18.3 Å². The number of aromatic amines is 1. The quantitative estimate of drug-likeness (QED) is 0.464. The number of benzene rings is 1. The number of H-pyrrole nitrogens is 1. The lowest BCUT2D eigenvalue weighted by atomic mass is 9.83. The van der Waals surface area contributed by atoms with Gasteiger partial charge < -0.3 is 10.1 Å². The fourth-order valence-corrected chi connectivity index (χ4v) is 3.15. The van der Waals surface area contributed by atoms with Crippen LogP contribution in [0.3, 0.4) is 0 Å². The van der Waals surface area contributed by atoms with Crippen molar-refractivity contribution in [3.05, 3.63) is 63.8 Å². The number of alkyl halides is 3. The Kier molecular flexibility index (Phi) is 3.30. The van der Waals surface area contributed by atoms with Crippen molar-refractivity contribution >= 4 is 16.9 Å².